The van der Waals surface area contributed by atoms with E-state index in [-0.39, 0.29) is 0 Å². The first-order valence-corrected chi connectivity index (χ1v) is 5.43. The lowest BCUT2D eigenvalue weighted by atomic mass is 9.85. The standard InChI is InChI=1S/C13H19NO2/c1-5-13(12(15)16,14(3)4)11-8-6-10(2)7-9-11/h6-9H,5H2,1-4H3,(H,15,16). The average molecular weight is 221 g/mol. The van der Waals surface area contributed by atoms with E-state index in [0.29, 0.717) is 6.42 Å². The smallest absolute Gasteiger partial charge is 0.328 e. The maximum atomic E-state index is 11.5. The minimum absolute atomic E-state index is 0.540. The van der Waals surface area contributed by atoms with Crippen LogP contribution in [0.2, 0.25) is 0 Å². The van der Waals surface area contributed by atoms with Crippen LogP contribution in [-0.4, -0.2) is 30.1 Å². The van der Waals surface area contributed by atoms with Crippen LogP contribution in [0.3, 0.4) is 0 Å². The van der Waals surface area contributed by atoms with Gasteiger partial charge in [0, 0.05) is 0 Å². The van der Waals surface area contributed by atoms with Gasteiger partial charge in [-0.1, -0.05) is 36.8 Å². The molecule has 0 fully saturated rings. The predicted octanol–water partition coefficient (Wildman–Crippen LogP) is 2.25. The molecule has 3 nitrogen and oxygen atoms in total. The topological polar surface area (TPSA) is 40.5 Å². The molecule has 0 aliphatic heterocycles. The Morgan fingerprint density at radius 1 is 1.31 bits per heavy atom. The molecule has 1 unspecified atom stereocenters. The van der Waals surface area contributed by atoms with Crippen LogP contribution in [0.5, 0.6) is 0 Å². The molecule has 0 saturated heterocycles. The first-order chi connectivity index (χ1) is 7.45. The minimum atomic E-state index is -0.923. The summed E-state index contributed by atoms with van der Waals surface area (Å²) in [5.74, 6) is -0.802. The maximum absolute atomic E-state index is 11.5. The Labute approximate surface area is 96.7 Å². The lowest BCUT2D eigenvalue weighted by Gasteiger charge is -2.35. The van der Waals surface area contributed by atoms with Gasteiger partial charge in [-0.25, -0.2) is 4.79 Å². The zero-order chi connectivity index (χ0) is 12.3. The van der Waals surface area contributed by atoms with Gasteiger partial charge in [-0.2, -0.15) is 0 Å². The Bertz CT molecular complexity index is 370. The monoisotopic (exact) mass is 221 g/mol. The molecule has 0 amide bonds. The quantitative estimate of drug-likeness (QED) is 0.847. The van der Waals surface area contributed by atoms with Crippen molar-refractivity contribution in [2.45, 2.75) is 25.8 Å². The number of hydrogen-bond acceptors (Lipinski definition) is 2. The summed E-state index contributed by atoms with van der Waals surface area (Å²) in [5.41, 5.74) is 1.05. The van der Waals surface area contributed by atoms with Crippen molar-refractivity contribution in [2.24, 2.45) is 0 Å². The highest BCUT2D eigenvalue weighted by atomic mass is 16.4. The zero-order valence-corrected chi connectivity index (χ0v) is 10.3. The molecule has 0 radical (unpaired) electrons. The molecule has 1 rings (SSSR count). The Hall–Kier alpha value is -1.35. The van der Waals surface area contributed by atoms with Crippen molar-refractivity contribution in [3.8, 4) is 0 Å². The Balaban J connectivity index is 3.30. The fraction of sp³-hybridized carbons (Fsp3) is 0.462. The predicted molar refractivity (Wildman–Crippen MR) is 64.5 cm³/mol. The van der Waals surface area contributed by atoms with Crippen LogP contribution in [0, 0.1) is 6.92 Å². The third-order valence-electron chi connectivity index (χ3n) is 3.16. The van der Waals surface area contributed by atoms with Crippen LogP contribution in [0.25, 0.3) is 0 Å². The summed E-state index contributed by atoms with van der Waals surface area (Å²) < 4.78 is 0. The lowest BCUT2D eigenvalue weighted by molar-refractivity contribution is -0.151. The van der Waals surface area contributed by atoms with Gasteiger partial charge in [0.15, 0.2) is 0 Å². The van der Waals surface area contributed by atoms with Crippen LogP contribution >= 0.6 is 0 Å². The van der Waals surface area contributed by atoms with E-state index in [9.17, 15) is 9.90 Å². The SMILES string of the molecule is CCC(C(=O)O)(c1ccc(C)cc1)N(C)C. The molecule has 0 aromatic heterocycles. The number of aliphatic carboxylic acids is 1. The van der Waals surface area contributed by atoms with Crippen molar-refractivity contribution < 1.29 is 9.90 Å². The molecule has 88 valence electrons. The number of rotatable bonds is 4. The average Bonchev–Trinajstić information content (AvgIpc) is 2.21. The van der Waals surface area contributed by atoms with Crippen molar-refractivity contribution >= 4 is 5.97 Å². The van der Waals surface area contributed by atoms with Crippen LogP contribution in [0.1, 0.15) is 24.5 Å². The summed E-state index contributed by atoms with van der Waals surface area (Å²) in [5, 5.41) is 9.48. The molecular weight excluding hydrogens is 202 g/mol. The van der Waals surface area contributed by atoms with Crippen molar-refractivity contribution in [1.29, 1.82) is 0 Å². The number of nitrogens with zero attached hydrogens (tertiary/aromatic N) is 1. The number of hydrogen-bond donors (Lipinski definition) is 1. The summed E-state index contributed by atoms with van der Waals surface area (Å²) in [6.07, 6.45) is 0.540. The van der Waals surface area contributed by atoms with Gasteiger partial charge >= 0.3 is 5.97 Å². The van der Waals surface area contributed by atoms with E-state index in [1.165, 1.54) is 0 Å². The highest BCUT2D eigenvalue weighted by Crippen LogP contribution is 2.30. The van der Waals surface area contributed by atoms with E-state index in [1.54, 1.807) is 19.0 Å². The van der Waals surface area contributed by atoms with Gasteiger partial charge in [-0.05, 0) is 33.0 Å². The maximum Gasteiger partial charge on any atom is 0.328 e. The van der Waals surface area contributed by atoms with E-state index >= 15 is 0 Å². The Morgan fingerprint density at radius 2 is 1.81 bits per heavy atom. The number of carbonyl (C=O) groups is 1. The van der Waals surface area contributed by atoms with E-state index < -0.39 is 11.5 Å². The van der Waals surface area contributed by atoms with Crippen LogP contribution in [0.15, 0.2) is 24.3 Å². The van der Waals surface area contributed by atoms with Gasteiger partial charge < -0.3 is 5.11 Å². The molecule has 1 aromatic rings. The largest absolute Gasteiger partial charge is 0.480 e. The fourth-order valence-electron chi connectivity index (χ4n) is 2.07. The molecule has 1 atom stereocenters. The Kier molecular flexibility index (Phi) is 3.70. The number of aryl methyl sites for hydroxylation is 1. The summed E-state index contributed by atoms with van der Waals surface area (Å²) in [4.78, 5) is 13.3. The van der Waals surface area contributed by atoms with Gasteiger partial charge in [0.2, 0.25) is 0 Å². The molecule has 0 spiro atoms. The number of carboxylic acid groups (broad SMARTS) is 1. The van der Waals surface area contributed by atoms with E-state index in [4.69, 9.17) is 0 Å². The van der Waals surface area contributed by atoms with E-state index in [1.807, 2.05) is 38.1 Å². The van der Waals surface area contributed by atoms with E-state index in [2.05, 4.69) is 0 Å². The number of benzene rings is 1. The number of carboxylic acids is 1. The second-order valence-electron chi connectivity index (χ2n) is 4.28. The van der Waals surface area contributed by atoms with Crippen molar-refractivity contribution in [2.75, 3.05) is 14.1 Å². The summed E-state index contributed by atoms with van der Waals surface area (Å²) in [6.45, 7) is 3.89. The van der Waals surface area contributed by atoms with Crippen LogP contribution in [0.4, 0.5) is 0 Å². The van der Waals surface area contributed by atoms with Gasteiger partial charge in [-0.3, -0.25) is 4.90 Å². The third-order valence-corrected chi connectivity index (χ3v) is 3.16. The van der Waals surface area contributed by atoms with Crippen LogP contribution < -0.4 is 0 Å². The minimum Gasteiger partial charge on any atom is -0.480 e. The van der Waals surface area contributed by atoms with Crippen molar-refractivity contribution in [3.05, 3.63) is 35.4 Å². The summed E-state index contributed by atoms with van der Waals surface area (Å²) >= 11 is 0. The van der Waals surface area contributed by atoms with Gasteiger partial charge in [0.05, 0.1) is 0 Å². The van der Waals surface area contributed by atoms with Gasteiger partial charge in [0.25, 0.3) is 0 Å². The van der Waals surface area contributed by atoms with E-state index in [0.717, 1.165) is 11.1 Å². The third kappa shape index (κ3) is 1.95. The van der Waals surface area contributed by atoms with Gasteiger partial charge in [0.1, 0.15) is 5.54 Å². The van der Waals surface area contributed by atoms with Crippen molar-refractivity contribution in [1.82, 2.24) is 4.90 Å². The first kappa shape index (κ1) is 12.7. The summed E-state index contributed by atoms with van der Waals surface area (Å²) in [6, 6.07) is 7.69. The van der Waals surface area contributed by atoms with Crippen LogP contribution in [-0.2, 0) is 10.3 Å². The second-order valence-corrected chi connectivity index (χ2v) is 4.28. The number of likely N-dealkylation sites (N-methyl/N-ethyl adjacent to an activating group) is 1. The lowest BCUT2D eigenvalue weighted by Crippen LogP contribution is -2.47. The molecule has 0 aliphatic carbocycles. The highest BCUT2D eigenvalue weighted by Gasteiger charge is 2.40. The molecule has 0 heterocycles. The highest BCUT2D eigenvalue weighted by molar-refractivity contribution is 5.80. The molecule has 1 N–H and O–H groups in total. The molecule has 0 bridgehead atoms. The molecule has 3 heteroatoms. The van der Waals surface area contributed by atoms with Crippen molar-refractivity contribution in [3.63, 3.8) is 0 Å². The molecular formula is C13H19NO2. The second kappa shape index (κ2) is 4.66. The molecule has 1 aromatic carbocycles. The first-order valence-electron chi connectivity index (χ1n) is 5.43. The molecule has 16 heavy (non-hydrogen) atoms. The normalized spacial score (nSPS) is 14.8. The Morgan fingerprint density at radius 3 is 2.12 bits per heavy atom. The molecule has 0 saturated carbocycles. The zero-order valence-electron chi connectivity index (χ0n) is 10.3. The van der Waals surface area contributed by atoms with Gasteiger partial charge in [-0.15, -0.1) is 0 Å². The summed E-state index contributed by atoms with van der Waals surface area (Å²) in [7, 11) is 3.61. The fourth-order valence-corrected chi connectivity index (χ4v) is 2.07. The molecule has 0 aliphatic rings.